The van der Waals surface area contributed by atoms with Crippen molar-refractivity contribution in [2.75, 3.05) is 10.6 Å². The zero-order chi connectivity index (χ0) is 16.4. The van der Waals surface area contributed by atoms with Gasteiger partial charge in [-0.05, 0) is 30.3 Å². The van der Waals surface area contributed by atoms with Crippen molar-refractivity contribution in [2.45, 2.75) is 6.92 Å². The molecular weight excluding hydrogens is 299 g/mol. The first-order chi connectivity index (χ1) is 11.0. The third kappa shape index (κ3) is 3.18. The summed E-state index contributed by atoms with van der Waals surface area (Å²) >= 11 is 0. The molecule has 6 nitrogen and oxygen atoms in total. The van der Waals surface area contributed by atoms with Crippen molar-refractivity contribution in [1.82, 2.24) is 9.97 Å². The van der Waals surface area contributed by atoms with E-state index in [1.807, 2.05) is 24.3 Å². The summed E-state index contributed by atoms with van der Waals surface area (Å²) in [4.78, 5) is 30.5. The van der Waals surface area contributed by atoms with Crippen molar-refractivity contribution in [3.8, 4) is 0 Å². The zero-order valence-corrected chi connectivity index (χ0v) is 12.2. The first-order valence-corrected chi connectivity index (χ1v) is 6.86. The number of benzene rings is 2. The van der Waals surface area contributed by atoms with Crippen molar-refractivity contribution in [3.05, 3.63) is 53.8 Å². The minimum absolute atomic E-state index is 0.0465. The van der Waals surface area contributed by atoms with E-state index in [1.54, 1.807) is 0 Å². The summed E-state index contributed by atoms with van der Waals surface area (Å²) in [6, 6.07) is 11.1. The lowest BCUT2D eigenvalue weighted by atomic mass is 10.2. The van der Waals surface area contributed by atoms with Crippen LogP contribution in [0.1, 0.15) is 17.3 Å². The van der Waals surface area contributed by atoms with Crippen LogP contribution in [-0.4, -0.2) is 21.8 Å². The summed E-state index contributed by atoms with van der Waals surface area (Å²) in [5.41, 5.74) is 1.67. The van der Waals surface area contributed by atoms with Crippen LogP contribution in [0.25, 0.3) is 11.0 Å². The van der Waals surface area contributed by atoms with Crippen molar-refractivity contribution in [2.24, 2.45) is 0 Å². The van der Waals surface area contributed by atoms with E-state index in [9.17, 15) is 14.0 Å². The number of aromatic amines is 1. The number of hydrogen-bond acceptors (Lipinski definition) is 3. The summed E-state index contributed by atoms with van der Waals surface area (Å²) in [5.74, 6) is -1.20. The SMILES string of the molecule is CC(=O)Nc1cc(C(=O)Nc2nc3ccccc3[nH]2)ccc1F. The quantitative estimate of drug-likeness (QED) is 0.695. The van der Waals surface area contributed by atoms with Crippen LogP contribution in [0.2, 0.25) is 0 Å². The van der Waals surface area contributed by atoms with E-state index in [4.69, 9.17) is 0 Å². The number of carbonyl (C=O) groups excluding carboxylic acids is 2. The van der Waals surface area contributed by atoms with Gasteiger partial charge in [-0.1, -0.05) is 12.1 Å². The van der Waals surface area contributed by atoms with Crippen molar-refractivity contribution in [3.63, 3.8) is 0 Å². The number of fused-ring (bicyclic) bond motifs is 1. The van der Waals surface area contributed by atoms with Gasteiger partial charge in [-0.3, -0.25) is 14.9 Å². The number of para-hydroxylation sites is 2. The van der Waals surface area contributed by atoms with Crippen molar-refractivity contribution in [1.29, 1.82) is 0 Å². The molecule has 0 radical (unpaired) electrons. The van der Waals surface area contributed by atoms with Gasteiger partial charge in [-0.25, -0.2) is 9.37 Å². The molecule has 0 aliphatic rings. The number of nitrogens with zero attached hydrogens (tertiary/aromatic N) is 1. The van der Waals surface area contributed by atoms with Crippen LogP contribution < -0.4 is 10.6 Å². The molecule has 3 N–H and O–H groups in total. The number of H-pyrrole nitrogens is 1. The predicted octanol–water partition coefficient (Wildman–Crippen LogP) is 2.91. The lowest BCUT2D eigenvalue weighted by Crippen LogP contribution is -2.14. The van der Waals surface area contributed by atoms with Gasteiger partial charge in [0.05, 0.1) is 16.7 Å². The Morgan fingerprint density at radius 2 is 1.91 bits per heavy atom. The van der Waals surface area contributed by atoms with E-state index in [0.29, 0.717) is 5.95 Å². The number of rotatable bonds is 3. The number of aromatic nitrogens is 2. The third-order valence-corrected chi connectivity index (χ3v) is 3.16. The maximum absolute atomic E-state index is 13.6. The van der Waals surface area contributed by atoms with E-state index in [2.05, 4.69) is 20.6 Å². The number of amides is 2. The average Bonchev–Trinajstić information content (AvgIpc) is 2.91. The average molecular weight is 312 g/mol. The van der Waals surface area contributed by atoms with Crippen LogP contribution in [-0.2, 0) is 4.79 Å². The highest BCUT2D eigenvalue weighted by molar-refractivity contribution is 6.05. The number of carbonyl (C=O) groups is 2. The number of imidazole rings is 1. The molecule has 23 heavy (non-hydrogen) atoms. The molecule has 0 atom stereocenters. The maximum Gasteiger partial charge on any atom is 0.258 e. The summed E-state index contributed by atoms with van der Waals surface area (Å²) in [6.45, 7) is 1.26. The second kappa shape index (κ2) is 5.88. The minimum Gasteiger partial charge on any atom is -0.324 e. The standard InChI is InChI=1S/C16H13FN4O2/c1-9(22)18-14-8-10(6-7-11(14)17)15(23)21-16-19-12-4-2-3-5-13(12)20-16/h2-8H,1H3,(H,18,22)(H2,19,20,21,23). The monoisotopic (exact) mass is 312 g/mol. The van der Waals surface area contributed by atoms with Crippen LogP contribution in [0.5, 0.6) is 0 Å². The molecule has 7 heteroatoms. The van der Waals surface area contributed by atoms with Crippen LogP contribution >= 0.6 is 0 Å². The van der Waals surface area contributed by atoms with Gasteiger partial charge in [0.2, 0.25) is 11.9 Å². The van der Waals surface area contributed by atoms with E-state index in [0.717, 1.165) is 17.1 Å². The Morgan fingerprint density at radius 1 is 1.13 bits per heavy atom. The summed E-state index contributed by atoms with van der Waals surface area (Å²) in [7, 11) is 0. The minimum atomic E-state index is -0.611. The van der Waals surface area contributed by atoms with Gasteiger partial charge in [0.15, 0.2) is 0 Å². The van der Waals surface area contributed by atoms with Gasteiger partial charge in [0, 0.05) is 12.5 Å². The molecule has 0 unspecified atom stereocenters. The largest absolute Gasteiger partial charge is 0.324 e. The molecule has 0 saturated heterocycles. The second-order valence-corrected chi connectivity index (χ2v) is 4.93. The highest BCUT2D eigenvalue weighted by Gasteiger charge is 2.12. The lowest BCUT2D eigenvalue weighted by Gasteiger charge is -2.07. The van der Waals surface area contributed by atoms with Gasteiger partial charge < -0.3 is 10.3 Å². The van der Waals surface area contributed by atoms with E-state index in [-0.39, 0.29) is 11.3 Å². The molecule has 3 rings (SSSR count). The van der Waals surface area contributed by atoms with E-state index in [1.165, 1.54) is 19.1 Å². The molecule has 2 aromatic carbocycles. The molecule has 2 amide bonds. The summed E-state index contributed by atoms with van der Waals surface area (Å²) in [5, 5.41) is 4.94. The zero-order valence-electron chi connectivity index (χ0n) is 12.2. The highest BCUT2D eigenvalue weighted by atomic mass is 19.1. The number of halogens is 1. The second-order valence-electron chi connectivity index (χ2n) is 4.93. The topological polar surface area (TPSA) is 86.9 Å². The van der Waals surface area contributed by atoms with Gasteiger partial charge in [-0.15, -0.1) is 0 Å². The molecule has 0 aliphatic carbocycles. The molecule has 116 valence electrons. The molecule has 3 aromatic rings. The molecule has 0 aliphatic heterocycles. The molecule has 0 bridgehead atoms. The summed E-state index contributed by atoms with van der Waals surface area (Å²) in [6.07, 6.45) is 0. The fraction of sp³-hybridized carbons (Fsp3) is 0.0625. The van der Waals surface area contributed by atoms with Gasteiger partial charge in [0.1, 0.15) is 5.82 Å². The predicted molar refractivity (Wildman–Crippen MR) is 84.8 cm³/mol. The molecule has 0 spiro atoms. The Kier molecular flexibility index (Phi) is 3.76. The number of hydrogen-bond donors (Lipinski definition) is 3. The highest BCUT2D eigenvalue weighted by Crippen LogP contribution is 2.18. The van der Waals surface area contributed by atoms with Gasteiger partial charge in [0.25, 0.3) is 5.91 Å². The van der Waals surface area contributed by atoms with Gasteiger partial charge >= 0.3 is 0 Å². The Bertz CT molecular complexity index is 871. The fourth-order valence-electron chi connectivity index (χ4n) is 2.14. The molecule has 0 fully saturated rings. The van der Waals surface area contributed by atoms with Crippen molar-refractivity contribution < 1.29 is 14.0 Å². The Morgan fingerprint density at radius 3 is 2.65 bits per heavy atom. The molecule has 1 aromatic heterocycles. The fourth-order valence-corrected chi connectivity index (χ4v) is 2.14. The first kappa shape index (κ1) is 14.7. The molecular formula is C16H13FN4O2. The van der Waals surface area contributed by atoms with E-state index >= 15 is 0 Å². The van der Waals surface area contributed by atoms with Crippen LogP contribution in [0.15, 0.2) is 42.5 Å². The van der Waals surface area contributed by atoms with Crippen molar-refractivity contribution >= 4 is 34.5 Å². The number of nitrogens with one attached hydrogen (secondary N) is 3. The molecule has 1 heterocycles. The number of anilines is 2. The first-order valence-electron chi connectivity index (χ1n) is 6.86. The van der Waals surface area contributed by atoms with Crippen LogP contribution in [0.3, 0.4) is 0 Å². The maximum atomic E-state index is 13.6. The molecule has 0 saturated carbocycles. The normalized spacial score (nSPS) is 10.5. The van der Waals surface area contributed by atoms with Gasteiger partial charge in [-0.2, -0.15) is 0 Å². The lowest BCUT2D eigenvalue weighted by molar-refractivity contribution is -0.114. The Labute approximate surface area is 130 Å². The van der Waals surface area contributed by atoms with Crippen LogP contribution in [0.4, 0.5) is 16.0 Å². The van der Waals surface area contributed by atoms with Crippen LogP contribution in [0, 0.1) is 5.82 Å². The Hall–Kier alpha value is -3.22. The van der Waals surface area contributed by atoms with E-state index < -0.39 is 17.6 Å². The summed E-state index contributed by atoms with van der Waals surface area (Å²) < 4.78 is 13.6. The third-order valence-electron chi connectivity index (χ3n) is 3.16. The smallest absolute Gasteiger partial charge is 0.258 e. The Balaban J connectivity index is 1.83.